The molecule has 0 fully saturated rings. The quantitative estimate of drug-likeness (QED) is 0.795. The lowest BCUT2D eigenvalue weighted by atomic mass is 9.90. The van der Waals surface area contributed by atoms with Gasteiger partial charge < -0.3 is 10.8 Å². The average molecular weight is 219 g/mol. The Labute approximate surface area is 85.5 Å². The van der Waals surface area contributed by atoms with Crippen LogP contribution in [-0.2, 0) is 5.54 Å². The minimum absolute atomic E-state index is 0.127. The van der Waals surface area contributed by atoms with Crippen LogP contribution in [0.4, 0.5) is 13.2 Å². The molecule has 0 radical (unpaired) electrons. The summed E-state index contributed by atoms with van der Waals surface area (Å²) in [6.07, 6.45) is -4.67. The van der Waals surface area contributed by atoms with E-state index in [0.29, 0.717) is 5.56 Å². The second-order valence-electron chi connectivity index (χ2n) is 3.50. The highest BCUT2D eigenvalue weighted by atomic mass is 19.4. The summed E-state index contributed by atoms with van der Waals surface area (Å²) in [5.41, 5.74) is 3.05. The van der Waals surface area contributed by atoms with E-state index >= 15 is 0 Å². The summed E-state index contributed by atoms with van der Waals surface area (Å²) in [5, 5.41) is 8.82. The molecule has 1 aromatic carbocycles. The molecule has 0 bridgehead atoms. The second kappa shape index (κ2) is 3.83. The summed E-state index contributed by atoms with van der Waals surface area (Å²) in [6, 6.07) is 5.73. The van der Waals surface area contributed by atoms with Crippen LogP contribution in [-0.4, -0.2) is 17.9 Å². The van der Waals surface area contributed by atoms with Crippen molar-refractivity contribution < 1.29 is 18.3 Å². The van der Waals surface area contributed by atoms with Gasteiger partial charge in [-0.3, -0.25) is 0 Å². The lowest BCUT2D eigenvalue weighted by Gasteiger charge is -2.30. The molecule has 0 aliphatic carbocycles. The Bertz CT molecular complexity index is 351. The molecule has 1 aromatic rings. The first-order valence-corrected chi connectivity index (χ1v) is 4.35. The van der Waals surface area contributed by atoms with Crippen molar-refractivity contribution in [2.45, 2.75) is 18.6 Å². The Morgan fingerprint density at radius 1 is 1.33 bits per heavy atom. The van der Waals surface area contributed by atoms with Crippen molar-refractivity contribution in [3.63, 3.8) is 0 Å². The maximum Gasteiger partial charge on any atom is 0.412 e. The van der Waals surface area contributed by atoms with Gasteiger partial charge >= 0.3 is 6.18 Å². The fourth-order valence-electron chi connectivity index (χ4n) is 1.27. The maximum atomic E-state index is 12.6. The van der Waals surface area contributed by atoms with Gasteiger partial charge in [0.2, 0.25) is 0 Å². The van der Waals surface area contributed by atoms with Gasteiger partial charge in [-0.15, -0.1) is 0 Å². The SMILES string of the molecule is Cc1cccc(C(N)(CO)C(F)(F)F)c1. The van der Waals surface area contributed by atoms with Gasteiger partial charge in [-0.2, -0.15) is 13.2 Å². The summed E-state index contributed by atoms with van der Waals surface area (Å²) < 4.78 is 37.9. The van der Waals surface area contributed by atoms with Gasteiger partial charge in [0.1, 0.15) is 0 Å². The number of benzene rings is 1. The van der Waals surface area contributed by atoms with Crippen LogP contribution in [0, 0.1) is 6.92 Å². The average Bonchev–Trinajstić information content (AvgIpc) is 2.14. The van der Waals surface area contributed by atoms with Gasteiger partial charge in [-0.25, -0.2) is 0 Å². The molecule has 1 atom stereocenters. The first kappa shape index (κ1) is 12.0. The molecule has 15 heavy (non-hydrogen) atoms. The number of nitrogens with two attached hydrogens (primary N) is 1. The normalized spacial score (nSPS) is 16.1. The monoisotopic (exact) mass is 219 g/mol. The molecule has 0 amide bonds. The second-order valence-corrected chi connectivity index (χ2v) is 3.50. The molecule has 1 unspecified atom stereocenters. The molecule has 0 aromatic heterocycles. The van der Waals surface area contributed by atoms with E-state index in [1.165, 1.54) is 18.2 Å². The van der Waals surface area contributed by atoms with Gasteiger partial charge in [-0.1, -0.05) is 29.8 Å². The van der Waals surface area contributed by atoms with Crippen molar-refractivity contribution in [3.05, 3.63) is 35.4 Å². The van der Waals surface area contributed by atoms with Gasteiger partial charge in [0.25, 0.3) is 0 Å². The standard InChI is InChI=1S/C10H12F3NO/c1-7-3-2-4-8(5-7)9(14,6-15)10(11,12)13/h2-5,15H,6,14H2,1H3. The fourth-order valence-corrected chi connectivity index (χ4v) is 1.27. The van der Waals surface area contributed by atoms with Crippen molar-refractivity contribution in [3.8, 4) is 0 Å². The number of hydrogen-bond donors (Lipinski definition) is 2. The molecular weight excluding hydrogens is 207 g/mol. The van der Waals surface area contributed by atoms with Crippen LogP contribution < -0.4 is 5.73 Å². The third kappa shape index (κ3) is 2.13. The minimum Gasteiger partial charge on any atom is -0.394 e. The number of aliphatic hydroxyl groups excluding tert-OH is 1. The predicted octanol–water partition coefficient (Wildman–Crippen LogP) is 1.70. The summed E-state index contributed by atoms with van der Waals surface area (Å²) in [7, 11) is 0. The Balaban J connectivity index is 3.23. The number of rotatable bonds is 2. The maximum absolute atomic E-state index is 12.6. The molecule has 2 nitrogen and oxygen atoms in total. The van der Waals surface area contributed by atoms with Crippen LogP contribution in [0.1, 0.15) is 11.1 Å². The van der Waals surface area contributed by atoms with Gasteiger partial charge in [0, 0.05) is 0 Å². The third-order valence-corrected chi connectivity index (χ3v) is 2.29. The van der Waals surface area contributed by atoms with Crippen LogP contribution in [0.2, 0.25) is 0 Å². The van der Waals surface area contributed by atoms with E-state index in [-0.39, 0.29) is 5.56 Å². The zero-order valence-electron chi connectivity index (χ0n) is 8.17. The lowest BCUT2D eigenvalue weighted by molar-refractivity contribution is -0.199. The molecule has 0 saturated carbocycles. The topological polar surface area (TPSA) is 46.2 Å². The molecule has 1 rings (SSSR count). The number of aryl methyl sites for hydroxylation is 1. The first-order chi connectivity index (χ1) is 6.81. The van der Waals surface area contributed by atoms with E-state index in [0.717, 1.165) is 0 Å². The molecule has 0 spiro atoms. The summed E-state index contributed by atoms with van der Waals surface area (Å²) in [5.74, 6) is 0. The van der Waals surface area contributed by atoms with Crippen molar-refractivity contribution in [2.75, 3.05) is 6.61 Å². The highest BCUT2D eigenvalue weighted by Crippen LogP contribution is 2.36. The van der Waals surface area contributed by atoms with Crippen LogP contribution >= 0.6 is 0 Å². The molecule has 0 saturated heterocycles. The fraction of sp³-hybridized carbons (Fsp3) is 0.400. The summed E-state index contributed by atoms with van der Waals surface area (Å²) in [4.78, 5) is 0. The molecule has 3 N–H and O–H groups in total. The van der Waals surface area contributed by atoms with Crippen LogP contribution in [0.15, 0.2) is 24.3 Å². The number of aliphatic hydroxyl groups is 1. The number of halogens is 3. The van der Waals surface area contributed by atoms with Crippen molar-refractivity contribution >= 4 is 0 Å². The molecule has 0 aliphatic rings. The number of hydrogen-bond acceptors (Lipinski definition) is 2. The molecule has 5 heteroatoms. The van der Waals surface area contributed by atoms with E-state index in [1.807, 2.05) is 0 Å². The Kier molecular flexibility index (Phi) is 3.06. The predicted molar refractivity (Wildman–Crippen MR) is 50.2 cm³/mol. The largest absolute Gasteiger partial charge is 0.412 e. The van der Waals surface area contributed by atoms with E-state index in [2.05, 4.69) is 0 Å². The zero-order valence-corrected chi connectivity index (χ0v) is 8.17. The smallest absolute Gasteiger partial charge is 0.394 e. The lowest BCUT2D eigenvalue weighted by Crippen LogP contribution is -2.53. The summed E-state index contributed by atoms with van der Waals surface area (Å²) in [6.45, 7) is 0.498. The van der Waals surface area contributed by atoms with E-state index in [1.54, 1.807) is 13.0 Å². The molecule has 0 heterocycles. The van der Waals surface area contributed by atoms with Gasteiger partial charge in [-0.05, 0) is 12.5 Å². The highest BCUT2D eigenvalue weighted by Gasteiger charge is 2.52. The Morgan fingerprint density at radius 2 is 1.93 bits per heavy atom. The van der Waals surface area contributed by atoms with E-state index < -0.39 is 18.3 Å². The van der Waals surface area contributed by atoms with E-state index in [4.69, 9.17) is 10.8 Å². The zero-order chi connectivity index (χ0) is 11.7. The molecule has 0 aliphatic heterocycles. The van der Waals surface area contributed by atoms with Crippen LogP contribution in [0.5, 0.6) is 0 Å². The first-order valence-electron chi connectivity index (χ1n) is 4.35. The van der Waals surface area contributed by atoms with E-state index in [9.17, 15) is 13.2 Å². The number of alkyl halides is 3. The van der Waals surface area contributed by atoms with Crippen LogP contribution in [0.3, 0.4) is 0 Å². The minimum atomic E-state index is -4.67. The van der Waals surface area contributed by atoms with Gasteiger partial charge in [0.15, 0.2) is 5.54 Å². The van der Waals surface area contributed by atoms with Crippen molar-refractivity contribution in [1.82, 2.24) is 0 Å². The van der Waals surface area contributed by atoms with Gasteiger partial charge in [0.05, 0.1) is 6.61 Å². The molecule has 84 valence electrons. The summed E-state index contributed by atoms with van der Waals surface area (Å²) >= 11 is 0. The Morgan fingerprint density at radius 3 is 2.33 bits per heavy atom. The highest BCUT2D eigenvalue weighted by molar-refractivity contribution is 5.30. The molecular formula is C10H12F3NO. The van der Waals surface area contributed by atoms with Crippen molar-refractivity contribution in [1.29, 1.82) is 0 Å². The van der Waals surface area contributed by atoms with Crippen LogP contribution in [0.25, 0.3) is 0 Å². The third-order valence-electron chi connectivity index (χ3n) is 2.29. The Hall–Kier alpha value is -1.07. The van der Waals surface area contributed by atoms with Crippen molar-refractivity contribution in [2.24, 2.45) is 5.73 Å².